The summed E-state index contributed by atoms with van der Waals surface area (Å²) in [5, 5.41) is 4.54. The number of halogens is 3. The Labute approximate surface area is 135 Å². The van der Waals surface area contributed by atoms with Crippen LogP contribution in [-0.4, -0.2) is 28.7 Å². The zero-order valence-corrected chi connectivity index (χ0v) is 12.9. The Hall–Kier alpha value is -2.20. The molecule has 0 fully saturated rings. The highest BCUT2D eigenvalue weighted by molar-refractivity contribution is 7.22. The van der Waals surface area contributed by atoms with Gasteiger partial charge in [-0.25, -0.2) is 9.97 Å². The summed E-state index contributed by atoms with van der Waals surface area (Å²) in [6, 6.07) is 4.40. The summed E-state index contributed by atoms with van der Waals surface area (Å²) in [4.78, 5) is 20.0. The Kier molecular flexibility index (Phi) is 4.18. The summed E-state index contributed by atoms with van der Waals surface area (Å²) in [6.07, 6.45) is -4.39. The van der Waals surface area contributed by atoms with Gasteiger partial charge in [0.25, 0.3) is 5.91 Å². The van der Waals surface area contributed by atoms with E-state index in [0.717, 1.165) is 11.3 Å². The Balaban J connectivity index is 1.75. The number of anilines is 1. The summed E-state index contributed by atoms with van der Waals surface area (Å²) in [6.45, 7) is -1.36. The molecule has 0 radical (unpaired) electrons. The van der Waals surface area contributed by atoms with Gasteiger partial charge in [-0.3, -0.25) is 10.1 Å². The van der Waals surface area contributed by atoms with Crippen molar-refractivity contribution in [2.24, 2.45) is 0 Å². The number of carbonyl (C=O) groups is 1. The van der Waals surface area contributed by atoms with E-state index < -0.39 is 12.8 Å². The molecule has 0 atom stereocenters. The number of carbonyl (C=O) groups excluding carboxylic acids is 1. The average Bonchev–Trinajstić information content (AvgIpc) is 3.12. The molecule has 3 rings (SSSR count). The van der Waals surface area contributed by atoms with E-state index in [9.17, 15) is 18.0 Å². The van der Waals surface area contributed by atoms with Gasteiger partial charge in [-0.2, -0.15) is 13.2 Å². The molecule has 10 heteroatoms. The van der Waals surface area contributed by atoms with Crippen LogP contribution in [0.3, 0.4) is 0 Å². The zero-order valence-electron chi connectivity index (χ0n) is 11.3. The van der Waals surface area contributed by atoms with Crippen molar-refractivity contribution in [3.05, 3.63) is 34.8 Å². The second kappa shape index (κ2) is 6.13. The minimum atomic E-state index is -4.39. The van der Waals surface area contributed by atoms with E-state index in [2.05, 4.69) is 20.0 Å². The number of nitrogens with one attached hydrogen (secondary N) is 1. The van der Waals surface area contributed by atoms with Crippen molar-refractivity contribution in [2.45, 2.75) is 6.18 Å². The normalized spacial score (nSPS) is 11.6. The molecule has 120 valence electrons. The van der Waals surface area contributed by atoms with E-state index in [0.29, 0.717) is 15.3 Å². The van der Waals surface area contributed by atoms with Crippen LogP contribution in [0.2, 0.25) is 0 Å². The molecule has 0 bridgehead atoms. The third-order valence-electron chi connectivity index (χ3n) is 2.65. The highest BCUT2D eigenvalue weighted by Crippen LogP contribution is 2.30. The van der Waals surface area contributed by atoms with Crippen LogP contribution < -0.4 is 10.1 Å². The first kappa shape index (κ1) is 15.7. The third-order valence-corrected chi connectivity index (χ3v) is 4.17. The molecule has 2 heterocycles. The van der Waals surface area contributed by atoms with Crippen molar-refractivity contribution in [3.8, 4) is 5.75 Å². The summed E-state index contributed by atoms with van der Waals surface area (Å²) in [7, 11) is 0. The number of hydrogen-bond donors (Lipinski definition) is 1. The van der Waals surface area contributed by atoms with Gasteiger partial charge < -0.3 is 4.74 Å². The quantitative estimate of drug-likeness (QED) is 0.766. The van der Waals surface area contributed by atoms with Gasteiger partial charge in [-0.1, -0.05) is 11.3 Å². The Morgan fingerprint density at radius 1 is 1.35 bits per heavy atom. The van der Waals surface area contributed by atoms with Gasteiger partial charge in [-0.05, 0) is 18.2 Å². The van der Waals surface area contributed by atoms with Crippen LogP contribution in [-0.2, 0) is 0 Å². The molecule has 0 saturated carbocycles. The lowest BCUT2D eigenvalue weighted by Gasteiger charge is -2.08. The molecule has 0 saturated heterocycles. The van der Waals surface area contributed by atoms with Crippen LogP contribution in [0.15, 0.2) is 29.1 Å². The lowest BCUT2D eigenvalue weighted by molar-refractivity contribution is -0.153. The van der Waals surface area contributed by atoms with Gasteiger partial charge in [0.1, 0.15) is 11.4 Å². The first-order valence-electron chi connectivity index (χ1n) is 6.20. The molecule has 3 aromatic rings. The lowest BCUT2D eigenvalue weighted by Crippen LogP contribution is -2.19. The fourth-order valence-electron chi connectivity index (χ4n) is 1.70. The van der Waals surface area contributed by atoms with Gasteiger partial charge >= 0.3 is 6.18 Å². The van der Waals surface area contributed by atoms with Gasteiger partial charge in [0.05, 0.1) is 15.7 Å². The van der Waals surface area contributed by atoms with Gasteiger partial charge in [0, 0.05) is 5.38 Å². The molecule has 1 amide bonds. The number of amides is 1. The zero-order chi connectivity index (χ0) is 16.4. The number of aromatic nitrogens is 2. The van der Waals surface area contributed by atoms with Crippen LogP contribution in [0.25, 0.3) is 10.2 Å². The van der Waals surface area contributed by atoms with E-state index >= 15 is 0 Å². The number of nitrogens with zero attached hydrogens (tertiary/aromatic N) is 2. The maximum absolute atomic E-state index is 12.2. The van der Waals surface area contributed by atoms with Crippen LogP contribution in [0.5, 0.6) is 5.75 Å². The minimum Gasteiger partial charge on any atom is -0.484 e. The Morgan fingerprint density at radius 2 is 2.17 bits per heavy atom. The molecule has 1 N–H and O–H groups in total. The van der Waals surface area contributed by atoms with E-state index in [1.165, 1.54) is 35.0 Å². The van der Waals surface area contributed by atoms with Crippen LogP contribution in [0.4, 0.5) is 18.3 Å². The number of ether oxygens (including phenoxy) is 1. The van der Waals surface area contributed by atoms with Crippen molar-refractivity contribution in [3.63, 3.8) is 0 Å². The highest BCUT2D eigenvalue weighted by Gasteiger charge is 2.28. The molecule has 0 unspecified atom stereocenters. The fraction of sp³-hybridized carbons (Fsp3) is 0.154. The summed E-state index contributed by atoms with van der Waals surface area (Å²) in [5.74, 6) is -0.297. The van der Waals surface area contributed by atoms with Gasteiger partial charge in [0.15, 0.2) is 11.7 Å². The molecule has 0 spiro atoms. The number of hydrogen-bond acceptors (Lipinski definition) is 6. The van der Waals surface area contributed by atoms with Gasteiger partial charge in [0.2, 0.25) is 0 Å². The van der Waals surface area contributed by atoms with E-state index in [1.54, 1.807) is 5.38 Å². The number of fused-ring (bicyclic) bond motifs is 1. The monoisotopic (exact) mass is 359 g/mol. The third kappa shape index (κ3) is 3.96. The van der Waals surface area contributed by atoms with Crippen molar-refractivity contribution in [1.82, 2.24) is 9.97 Å². The second-order valence-electron chi connectivity index (χ2n) is 4.38. The van der Waals surface area contributed by atoms with E-state index in [1.807, 2.05) is 0 Å². The molecule has 2 aromatic heterocycles. The van der Waals surface area contributed by atoms with E-state index in [-0.39, 0.29) is 17.4 Å². The SMILES string of the molecule is O=C(Nc1nc2ccc(OCC(F)(F)F)cc2s1)c1cscn1. The molecular formula is C13H8F3N3O2S2. The molecule has 1 aromatic carbocycles. The van der Waals surface area contributed by atoms with Crippen molar-refractivity contribution in [2.75, 3.05) is 11.9 Å². The van der Waals surface area contributed by atoms with E-state index in [4.69, 9.17) is 0 Å². The van der Waals surface area contributed by atoms with Crippen LogP contribution >= 0.6 is 22.7 Å². The topological polar surface area (TPSA) is 64.1 Å². The van der Waals surface area contributed by atoms with Crippen LogP contribution in [0, 0.1) is 0 Å². The summed E-state index contributed by atoms with van der Waals surface area (Å²) < 4.78 is 41.7. The van der Waals surface area contributed by atoms with Crippen LogP contribution in [0.1, 0.15) is 10.5 Å². The van der Waals surface area contributed by atoms with Crippen molar-refractivity contribution in [1.29, 1.82) is 0 Å². The maximum atomic E-state index is 12.2. The standard InChI is InChI=1S/C13H8F3N3O2S2/c14-13(15,16)5-21-7-1-2-8-10(3-7)23-12(18-8)19-11(20)9-4-22-6-17-9/h1-4,6H,5H2,(H,18,19,20). The first-order chi connectivity index (χ1) is 10.9. The largest absolute Gasteiger partial charge is 0.484 e. The van der Waals surface area contributed by atoms with Crippen molar-refractivity contribution >= 4 is 43.9 Å². The molecule has 0 aliphatic heterocycles. The lowest BCUT2D eigenvalue weighted by atomic mass is 10.3. The molecular weight excluding hydrogens is 351 g/mol. The minimum absolute atomic E-state index is 0.0934. The van der Waals surface area contributed by atoms with Gasteiger partial charge in [-0.15, -0.1) is 11.3 Å². The predicted octanol–water partition coefficient (Wildman–Crippen LogP) is 3.95. The molecule has 0 aliphatic rings. The Bertz CT molecular complexity index is 831. The van der Waals surface area contributed by atoms with Crippen molar-refractivity contribution < 1.29 is 22.7 Å². The second-order valence-corrected chi connectivity index (χ2v) is 6.13. The summed E-state index contributed by atoms with van der Waals surface area (Å²) in [5.41, 5.74) is 2.38. The highest BCUT2D eigenvalue weighted by atomic mass is 32.1. The molecule has 5 nitrogen and oxygen atoms in total. The number of thiazole rings is 2. The Morgan fingerprint density at radius 3 is 2.87 bits per heavy atom. The maximum Gasteiger partial charge on any atom is 0.422 e. The first-order valence-corrected chi connectivity index (χ1v) is 7.96. The average molecular weight is 359 g/mol. The number of alkyl halides is 3. The smallest absolute Gasteiger partial charge is 0.422 e. The predicted molar refractivity (Wildman–Crippen MR) is 81.2 cm³/mol. The summed E-state index contributed by atoms with van der Waals surface area (Å²) >= 11 is 2.44. The fourth-order valence-corrected chi connectivity index (χ4v) is 3.12. The number of benzene rings is 1. The number of rotatable bonds is 4. The molecule has 23 heavy (non-hydrogen) atoms. The molecule has 0 aliphatic carbocycles.